The van der Waals surface area contributed by atoms with Crippen molar-refractivity contribution in [3.63, 3.8) is 0 Å². The minimum atomic E-state index is -0.630. The van der Waals surface area contributed by atoms with Crippen LogP contribution in [0.4, 0.5) is 10.1 Å². The monoisotopic (exact) mass is 419 g/mol. The number of halogens is 1. The fraction of sp³-hybridized carbons (Fsp3) is 0.261. The van der Waals surface area contributed by atoms with E-state index in [2.05, 4.69) is 16.0 Å². The number of ether oxygens (including phenoxy) is 1. The highest BCUT2D eigenvalue weighted by Gasteiger charge is 2.38. The molecule has 1 fully saturated rings. The molecule has 1 atom stereocenters. The van der Waals surface area contributed by atoms with E-state index in [9.17, 15) is 14.4 Å². The molecule has 1 aromatic heterocycles. The van der Waals surface area contributed by atoms with Crippen molar-refractivity contribution in [1.29, 1.82) is 5.26 Å². The van der Waals surface area contributed by atoms with E-state index in [1.807, 2.05) is 6.07 Å². The maximum absolute atomic E-state index is 13.5. The van der Waals surface area contributed by atoms with Crippen molar-refractivity contribution < 1.29 is 13.9 Å². The molecule has 0 spiro atoms. The van der Waals surface area contributed by atoms with Crippen LogP contribution in [-0.2, 0) is 9.53 Å². The molecule has 158 valence electrons. The number of rotatable bonds is 3. The highest BCUT2D eigenvalue weighted by Crippen LogP contribution is 2.39. The predicted octanol–water partition coefficient (Wildman–Crippen LogP) is 2.65. The Morgan fingerprint density at radius 3 is 2.55 bits per heavy atom. The van der Waals surface area contributed by atoms with Gasteiger partial charge in [0.15, 0.2) is 0 Å². The quantitative estimate of drug-likeness (QED) is 0.822. The number of allylic oxidation sites excluding steroid dienone is 2. The Balaban J connectivity index is 1.57. The summed E-state index contributed by atoms with van der Waals surface area (Å²) >= 11 is 0. The fourth-order valence-electron chi connectivity index (χ4n) is 4.03. The van der Waals surface area contributed by atoms with Crippen LogP contribution in [0.3, 0.4) is 0 Å². The number of hydrogen-bond acceptors (Lipinski definition) is 6. The lowest BCUT2D eigenvalue weighted by Gasteiger charge is -2.38. The number of nitrogens with two attached hydrogens (primary N) is 1. The number of carbonyl (C=O) groups is 1. The highest BCUT2D eigenvalue weighted by molar-refractivity contribution is 5.97. The standard InChI is InChI=1S/C23H22FN5O2/c1-15-20(21(16-3-2-8-27-14-16)19(13-25)22(26)31-15)23(30)29-11-9-28(10-12-29)18-6-4-17(24)5-7-18/h2-8,14,21H,9-12,26H2,1H3. The van der Waals surface area contributed by atoms with E-state index < -0.39 is 5.92 Å². The van der Waals surface area contributed by atoms with Crippen LogP contribution in [0.1, 0.15) is 18.4 Å². The molecule has 3 heterocycles. The van der Waals surface area contributed by atoms with Gasteiger partial charge in [-0.05, 0) is 42.8 Å². The van der Waals surface area contributed by atoms with Crippen molar-refractivity contribution in [1.82, 2.24) is 9.88 Å². The smallest absolute Gasteiger partial charge is 0.254 e. The Morgan fingerprint density at radius 2 is 1.94 bits per heavy atom. The van der Waals surface area contributed by atoms with Gasteiger partial charge in [-0.15, -0.1) is 0 Å². The van der Waals surface area contributed by atoms with Crippen molar-refractivity contribution >= 4 is 11.6 Å². The molecule has 1 amide bonds. The van der Waals surface area contributed by atoms with E-state index >= 15 is 0 Å². The summed E-state index contributed by atoms with van der Waals surface area (Å²) in [7, 11) is 0. The first kappa shape index (κ1) is 20.4. The molecule has 2 aromatic rings. The second kappa shape index (κ2) is 8.48. The second-order valence-corrected chi connectivity index (χ2v) is 7.44. The lowest BCUT2D eigenvalue weighted by molar-refractivity contribution is -0.128. The van der Waals surface area contributed by atoms with Crippen LogP contribution in [0.15, 0.2) is 71.6 Å². The summed E-state index contributed by atoms with van der Waals surface area (Å²) in [6.07, 6.45) is 3.27. The van der Waals surface area contributed by atoms with Crippen LogP contribution in [0, 0.1) is 17.1 Å². The van der Waals surface area contributed by atoms with Gasteiger partial charge in [0.1, 0.15) is 23.2 Å². The second-order valence-electron chi connectivity index (χ2n) is 7.44. The predicted molar refractivity (Wildman–Crippen MR) is 113 cm³/mol. The van der Waals surface area contributed by atoms with Crippen LogP contribution in [0.2, 0.25) is 0 Å². The van der Waals surface area contributed by atoms with Gasteiger partial charge in [-0.1, -0.05) is 6.07 Å². The topological polar surface area (TPSA) is 95.5 Å². The van der Waals surface area contributed by atoms with Crippen LogP contribution >= 0.6 is 0 Å². The Labute approximate surface area is 179 Å². The molecule has 31 heavy (non-hydrogen) atoms. The molecule has 0 bridgehead atoms. The number of nitriles is 1. The molecule has 1 unspecified atom stereocenters. The van der Waals surface area contributed by atoms with Crippen molar-refractivity contribution in [2.75, 3.05) is 31.1 Å². The molecule has 2 aliphatic heterocycles. The SMILES string of the molecule is CC1=C(C(=O)N2CCN(c3ccc(F)cc3)CC2)C(c2cccnc2)C(C#N)=C(N)O1. The van der Waals surface area contributed by atoms with Gasteiger partial charge in [0.2, 0.25) is 5.88 Å². The van der Waals surface area contributed by atoms with Crippen LogP contribution in [0.5, 0.6) is 0 Å². The lowest BCUT2D eigenvalue weighted by Crippen LogP contribution is -2.50. The molecular formula is C23H22FN5O2. The zero-order chi connectivity index (χ0) is 22.0. The van der Waals surface area contributed by atoms with E-state index in [0.29, 0.717) is 43.1 Å². The molecule has 0 radical (unpaired) electrons. The van der Waals surface area contributed by atoms with Crippen molar-refractivity contribution in [2.45, 2.75) is 12.8 Å². The first-order valence-electron chi connectivity index (χ1n) is 9.97. The molecule has 8 heteroatoms. The third-order valence-electron chi connectivity index (χ3n) is 5.61. The van der Waals surface area contributed by atoms with E-state index in [0.717, 1.165) is 5.69 Å². The largest absolute Gasteiger partial charge is 0.445 e. The van der Waals surface area contributed by atoms with Crippen molar-refractivity contribution in [3.8, 4) is 6.07 Å². The normalized spacial score (nSPS) is 19.2. The van der Waals surface area contributed by atoms with Gasteiger partial charge in [-0.25, -0.2) is 4.39 Å². The third kappa shape index (κ3) is 3.94. The van der Waals surface area contributed by atoms with Gasteiger partial charge < -0.3 is 20.3 Å². The summed E-state index contributed by atoms with van der Waals surface area (Å²) in [5, 5.41) is 9.70. The number of nitrogens with zero attached hydrogens (tertiary/aromatic N) is 4. The molecule has 1 saturated heterocycles. The van der Waals surface area contributed by atoms with E-state index in [-0.39, 0.29) is 23.2 Å². The maximum atomic E-state index is 13.5. The number of aromatic nitrogens is 1. The average molecular weight is 419 g/mol. The number of pyridine rings is 1. The number of piperazine rings is 1. The molecule has 2 aliphatic rings. The summed E-state index contributed by atoms with van der Waals surface area (Å²) in [5.74, 6) is -0.706. The first-order valence-corrected chi connectivity index (χ1v) is 9.97. The zero-order valence-corrected chi connectivity index (χ0v) is 17.1. The van der Waals surface area contributed by atoms with E-state index in [4.69, 9.17) is 10.5 Å². The van der Waals surface area contributed by atoms with Crippen LogP contribution < -0.4 is 10.6 Å². The summed E-state index contributed by atoms with van der Waals surface area (Å²) in [6.45, 7) is 3.91. The van der Waals surface area contributed by atoms with E-state index in [1.165, 1.54) is 12.1 Å². The van der Waals surface area contributed by atoms with Gasteiger partial charge in [-0.2, -0.15) is 5.26 Å². The van der Waals surface area contributed by atoms with E-state index in [1.54, 1.807) is 42.4 Å². The Hall–Kier alpha value is -3.86. The Bertz CT molecular complexity index is 1080. The molecule has 0 saturated carbocycles. The van der Waals surface area contributed by atoms with Crippen LogP contribution in [0.25, 0.3) is 0 Å². The molecule has 7 nitrogen and oxygen atoms in total. The van der Waals surface area contributed by atoms with Gasteiger partial charge in [0.25, 0.3) is 5.91 Å². The van der Waals surface area contributed by atoms with Gasteiger partial charge in [-0.3, -0.25) is 9.78 Å². The summed E-state index contributed by atoms with van der Waals surface area (Å²) in [6, 6.07) is 12.0. The number of benzene rings is 1. The number of hydrogen-bond donors (Lipinski definition) is 1. The molecule has 2 N–H and O–H groups in total. The van der Waals surface area contributed by atoms with Crippen LogP contribution in [-0.4, -0.2) is 42.0 Å². The number of amides is 1. The van der Waals surface area contributed by atoms with Gasteiger partial charge >= 0.3 is 0 Å². The van der Waals surface area contributed by atoms with Gasteiger partial charge in [0.05, 0.1) is 11.5 Å². The summed E-state index contributed by atoms with van der Waals surface area (Å²) in [5.41, 5.74) is 8.19. The van der Waals surface area contributed by atoms with Crippen molar-refractivity contribution in [2.24, 2.45) is 5.73 Å². The number of anilines is 1. The molecule has 1 aromatic carbocycles. The number of carbonyl (C=O) groups excluding carboxylic acids is 1. The lowest BCUT2D eigenvalue weighted by atomic mass is 9.83. The minimum Gasteiger partial charge on any atom is -0.445 e. The first-order chi connectivity index (χ1) is 15.0. The van der Waals surface area contributed by atoms with Gasteiger partial charge in [0, 0.05) is 44.3 Å². The third-order valence-corrected chi connectivity index (χ3v) is 5.61. The molecule has 4 rings (SSSR count). The molecular weight excluding hydrogens is 397 g/mol. The summed E-state index contributed by atoms with van der Waals surface area (Å²) in [4.78, 5) is 21.5. The summed E-state index contributed by atoms with van der Waals surface area (Å²) < 4.78 is 18.8. The zero-order valence-electron chi connectivity index (χ0n) is 17.1. The fourth-order valence-corrected chi connectivity index (χ4v) is 4.03. The minimum absolute atomic E-state index is 0.00605. The highest BCUT2D eigenvalue weighted by atomic mass is 19.1. The molecule has 0 aliphatic carbocycles. The Morgan fingerprint density at radius 1 is 1.23 bits per heavy atom. The maximum Gasteiger partial charge on any atom is 0.254 e. The Kier molecular flexibility index (Phi) is 5.58. The van der Waals surface area contributed by atoms with Crippen molar-refractivity contribution in [3.05, 3.63) is 83.0 Å². The average Bonchev–Trinajstić information content (AvgIpc) is 2.79.